The molecule has 0 unspecified atom stereocenters. The van der Waals surface area contributed by atoms with E-state index in [1.807, 2.05) is 13.0 Å². The highest BCUT2D eigenvalue weighted by atomic mass is 32.2. The summed E-state index contributed by atoms with van der Waals surface area (Å²) in [4.78, 5) is 0.219. The fourth-order valence-electron chi connectivity index (χ4n) is 2.88. The van der Waals surface area contributed by atoms with Gasteiger partial charge in [0.1, 0.15) is 0 Å². The van der Waals surface area contributed by atoms with Crippen LogP contribution in [0.25, 0.3) is 0 Å². The SMILES string of the molecule is Cc1ccc(S(=O)(=O)N([C@@H]2CCS(=O)(=O)C2)N(C)C)c(C)c1. The average Bonchev–Trinajstić information content (AvgIpc) is 2.67. The first-order chi connectivity index (χ1) is 10.0. The standard InChI is InChI=1S/C14H22N2O4S2/c1-11-5-6-14(12(2)9-11)22(19,20)16(15(3)4)13-7-8-21(17,18)10-13/h5-6,9,13H,7-8,10H2,1-4H3/t13-/m1/s1. The zero-order valence-corrected chi connectivity index (χ0v) is 14.9. The number of benzene rings is 1. The number of nitrogens with zero attached hydrogens (tertiary/aromatic N) is 2. The Morgan fingerprint density at radius 1 is 1.18 bits per heavy atom. The number of hydrogen-bond acceptors (Lipinski definition) is 5. The van der Waals surface area contributed by atoms with E-state index < -0.39 is 25.9 Å². The molecule has 1 fully saturated rings. The topological polar surface area (TPSA) is 74.8 Å². The van der Waals surface area contributed by atoms with Gasteiger partial charge in [0, 0.05) is 14.1 Å². The molecule has 0 aliphatic carbocycles. The second-order valence-corrected chi connectivity index (χ2v) is 9.94. The lowest BCUT2D eigenvalue weighted by Crippen LogP contribution is -2.49. The highest BCUT2D eigenvalue weighted by Crippen LogP contribution is 2.27. The number of hydrogen-bond donors (Lipinski definition) is 0. The normalized spacial score (nSPS) is 21.6. The molecule has 2 rings (SSSR count). The first-order valence-electron chi connectivity index (χ1n) is 7.04. The van der Waals surface area contributed by atoms with Crippen molar-refractivity contribution in [2.24, 2.45) is 0 Å². The van der Waals surface area contributed by atoms with Crippen molar-refractivity contribution >= 4 is 19.9 Å². The van der Waals surface area contributed by atoms with E-state index in [4.69, 9.17) is 0 Å². The molecule has 0 saturated carbocycles. The molecule has 1 saturated heterocycles. The van der Waals surface area contributed by atoms with Gasteiger partial charge in [-0.05, 0) is 31.9 Å². The summed E-state index contributed by atoms with van der Waals surface area (Å²) in [5.74, 6) is -0.0975. The Labute approximate surface area is 132 Å². The van der Waals surface area contributed by atoms with Gasteiger partial charge in [-0.3, -0.25) is 0 Å². The van der Waals surface area contributed by atoms with Crippen LogP contribution in [0.1, 0.15) is 17.5 Å². The maximum atomic E-state index is 13.0. The molecule has 1 heterocycles. The van der Waals surface area contributed by atoms with Crippen molar-refractivity contribution in [3.05, 3.63) is 29.3 Å². The Morgan fingerprint density at radius 3 is 2.27 bits per heavy atom. The van der Waals surface area contributed by atoms with E-state index in [1.54, 1.807) is 33.2 Å². The third-order valence-corrected chi connectivity index (χ3v) is 7.65. The summed E-state index contributed by atoms with van der Waals surface area (Å²) in [6.45, 7) is 3.65. The third kappa shape index (κ3) is 3.34. The fourth-order valence-corrected chi connectivity index (χ4v) is 6.57. The zero-order chi connectivity index (χ0) is 16.7. The van der Waals surface area contributed by atoms with Gasteiger partial charge >= 0.3 is 0 Å². The summed E-state index contributed by atoms with van der Waals surface area (Å²) in [7, 11) is -3.72. The van der Waals surface area contributed by atoms with Crippen LogP contribution in [0, 0.1) is 13.8 Å². The van der Waals surface area contributed by atoms with Crippen molar-refractivity contribution in [3.63, 3.8) is 0 Å². The van der Waals surface area contributed by atoms with E-state index in [2.05, 4.69) is 0 Å². The number of sulfonamides is 1. The van der Waals surface area contributed by atoms with Crippen LogP contribution in [0.5, 0.6) is 0 Å². The molecule has 1 aliphatic rings. The molecular formula is C14H22N2O4S2. The quantitative estimate of drug-likeness (QED) is 0.759. The average molecular weight is 346 g/mol. The van der Waals surface area contributed by atoms with Crippen LogP contribution < -0.4 is 0 Å². The van der Waals surface area contributed by atoms with Gasteiger partial charge < -0.3 is 0 Å². The maximum Gasteiger partial charge on any atom is 0.256 e. The minimum absolute atomic E-state index is 0.0321. The Hall–Kier alpha value is -0.960. The largest absolute Gasteiger partial charge is 0.256 e. The van der Waals surface area contributed by atoms with E-state index in [0.717, 1.165) is 5.56 Å². The molecule has 6 nitrogen and oxygen atoms in total. The summed E-state index contributed by atoms with van der Waals surface area (Å²) in [5.41, 5.74) is 1.64. The van der Waals surface area contributed by atoms with Crippen LogP contribution in [-0.2, 0) is 19.9 Å². The molecule has 0 aromatic heterocycles. The monoisotopic (exact) mass is 346 g/mol. The summed E-state index contributed by atoms with van der Waals surface area (Å²) in [6.07, 6.45) is 0.324. The molecule has 0 N–H and O–H groups in total. The van der Waals surface area contributed by atoms with Crippen LogP contribution >= 0.6 is 0 Å². The second kappa shape index (κ2) is 5.92. The van der Waals surface area contributed by atoms with E-state index in [9.17, 15) is 16.8 Å². The van der Waals surface area contributed by atoms with Gasteiger partial charge in [-0.15, -0.1) is 4.41 Å². The highest BCUT2D eigenvalue weighted by Gasteiger charge is 2.40. The van der Waals surface area contributed by atoms with E-state index in [-0.39, 0.29) is 16.4 Å². The predicted octanol–water partition coefficient (Wildman–Crippen LogP) is 0.958. The van der Waals surface area contributed by atoms with Crippen LogP contribution in [0.2, 0.25) is 0 Å². The molecule has 0 bridgehead atoms. The van der Waals surface area contributed by atoms with Gasteiger partial charge in [-0.1, -0.05) is 17.7 Å². The van der Waals surface area contributed by atoms with Crippen LogP contribution in [-0.4, -0.2) is 57.9 Å². The molecule has 1 atom stereocenters. The number of aryl methyl sites for hydroxylation is 2. The van der Waals surface area contributed by atoms with Crippen molar-refractivity contribution < 1.29 is 16.8 Å². The van der Waals surface area contributed by atoms with Gasteiger partial charge in [-0.2, -0.15) is 0 Å². The van der Waals surface area contributed by atoms with Crippen molar-refractivity contribution in [1.82, 2.24) is 9.42 Å². The first kappa shape index (κ1) is 17.4. The summed E-state index contributed by atoms with van der Waals surface area (Å²) in [5, 5.41) is 1.46. The van der Waals surface area contributed by atoms with E-state index in [1.165, 1.54) is 9.42 Å². The molecule has 1 aliphatic heterocycles. The lowest BCUT2D eigenvalue weighted by atomic mass is 10.2. The van der Waals surface area contributed by atoms with Crippen molar-refractivity contribution in [3.8, 4) is 0 Å². The first-order valence-corrected chi connectivity index (χ1v) is 10.3. The van der Waals surface area contributed by atoms with Crippen molar-refractivity contribution in [1.29, 1.82) is 0 Å². The lowest BCUT2D eigenvalue weighted by molar-refractivity contribution is 0.0893. The molecule has 1 aromatic rings. The fraction of sp³-hybridized carbons (Fsp3) is 0.571. The number of rotatable bonds is 4. The van der Waals surface area contributed by atoms with E-state index in [0.29, 0.717) is 12.0 Å². The Balaban J connectivity index is 2.47. The van der Waals surface area contributed by atoms with Gasteiger partial charge in [-0.25, -0.2) is 21.8 Å². The van der Waals surface area contributed by atoms with Crippen LogP contribution in [0.4, 0.5) is 0 Å². The molecule has 0 spiro atoms. The molecule has 124 valence electrons. The zero-order valence-electron chi connectivity index (χ0n) is 13.3. The lowest BCUT2D eigenvalue weighted by Gasteiger charge is -2.33. The summed E-state index contributed by atoms with van der Waals surface area (Å²) >= 11 is 0. The number of sulfone groups is 1. The van der Waals surface area contributed by atoms with Crippen LogP contribution in [0.15, 0.2) is 23.1 Å². The smallest absolute Gasteiger partial charge is 0.234 e. The highest BCUT2D eigenvalue weighted by molar-refractivity contribution is 7.92. The molecule has 0 amide bonds. The molecule has 22 heavy (non-hydrogen) atoms. The molecule has 1 aromatic carbocycles. The summed E-state index contributed by atoms with van der Waals surface area (Å²) in [6, 6.07) is 4.59. The van der Waals surface area contributed by atoms with Gasteiger partial charge in [0.2, 0.25) is 0 Å². The van der Waals surface area contributed by atoms with Gasteiger partial charge in [0.25, 0.3) is 10.0 Å². The van der Waals surface area contributed by atoms with Gasteiger partial charge in [0.05, 0.1) is 22.4 Å². The predicted molar refractivity (Wildman–Crippen MR) is 85.7 cm³/mol. The van der Waals surface area contributed by atoms with Gasteiger partial charge in [0.15, 0.2) is 9.84 Å². The Bertz CT molecular complexity index is 770. The Morgan fingerprint density at radius 2 is 1.82 bits per heavy atom. The molecular weight excluding hydrogens is 324 g/mol. The minimum atomic E-state index is -3.79. The Kier molecular flexibility index (Phi) is 4.68. The van der Waals surface area contributed by atoms with Crippen molar-refractivity contribution in [2.45, 2.75) is 31.2 Å². The second-order valence-electron chi connectivity index (χ2n) is 5.95. The molecule has 0 radical (unpaired) electrons. The summed E-state index contributed by atoms with van der Waals surface area (Å²) < 4.78 is 50.6. The minimum Gasteiger partial charge on any atom is -0.234 e. The van der Waals surface area contributed by atoms with Crippen molar-refractivity contribution in [2.75, 3.05) is 25.6 Å². The maximum absolute atomic E-state index is 13.0. The molecule has 8 heteroatoms. The third-order valence-electron chi connectivity index (χ3n) is 3.77. The number of hydrazine groups is 1. The van der Waals surface area contributed by atoms with Crippen LogP contribution in [0.3, 0.4) is 0 Å². The van der Waals surface area contributed by atoms with E-state index >= 15 is 0 Å².